The highest BCUT2D eigenvalue weighted by atomic mass is 16.3. The predicted octanol–water partition coefficient (Wildman–Crippen LogP) is 3.16. The molecule has 0 fully saturated rings. The van der Waals surface area contributed by atoms with E-state index in [2.05, 4.69) is 0 Å². The van der Waals surface area contributed by atoms with Gasteiger partial charge in [-0.1, -0.05) is 62.4 Å². The fraction of sp³-hybridized carbons (Fsp3) is 0.250. The third-order valence-electron chi connectivity index (χ3n) is 3.42. The molecule has 2 rings (SSSR count). The first-order valence-electron chi connectivity index (χ1n) is 6.19. The smallest absolute Gasteiger partial charge is 0.119 e. The van der Waals surface area contributed by atoms with Gasteiger partial charge in [0.05, 0.1) is 0 Å². The molecule has 0 aliphatic rings. The molecule has 94 valence electrons. The van der Waals surface area contributed by atoms with Crippen LogP contribution in [0.2, 0.25) is 0 Å². The third-order valence-corrected chi connectivity index (χ3v) is 3.42. The van der Waals surface area contributed by atoms with Gasteiger partial charge in [-0.25, -0.2) is 0 Å². The molecule has 0 bridgehead atoms. The van der Waals surface area contributed by atoms with E-state index in [-0.39, 0.29) is 5.92 Å². The molecule has 0 spiro atoms. The Morgan fingerprint density at radius 1 is 0.944 bits per heavy atom. The Hall–Kier alpha value is -1.80. The molecule has 2 nitrogen and oxygen atoms in total. The Morgan fingerprint density at radius 3 is 2.06 bits per heavy atom. The number of hydrogen-bond acceptors (Lipinski definition) is 2. The maximum atomic E-state index is 11.1. The minimum absolute atomic E-state index is 0.0320. The first-order valence-corrected chi connectivity index (χ1v) is 6.19. The molecule has 0 radical (unpaired) electrons. The molecule has 1 unspecified atom stereocenters. The van der Waals surface area contributed by atoms with Crippen LogP contribution in [-0.4, -0.2) is 5.11 Å². The van der Waals surface area contributed by atoms with Crippen molar-refractivity contribution in [3.8, 4) is 0 Å². The van der Waals surface area contributed by atoms with Crippen molar-refractivity contribution in [3.05, 3.63) is 65.7 Å². The zero-order valence-electron chi connectivity index (χ0n) is 10.8. The van der Waals surface area contributed by atoms with Crippen molar-refractivity contribution in [2.75, 3.05) is 5.73 Å². The molecule has 2 heteroatoms. The van der Waals surface area contributed by atoms with Crippen LogP contribution < -0.4 is 5.73 Å². The van der Waals surface area contributed by atoms with Crippen molar-refractivity contribution >= 4 is 5.69 Å². The summed E-state index contributed by atoms with van der Waals surface area (Å²) in [6.45, 7) is 4.00. The van der Waals surface area contributed by atoms with Gasteiger partial charge in [0.1, 0.15) is 5.60 Å². The lowest BCUT2D eigenvalue weighted by Gasteiger charge is -2.34. The Labute approximate surface area is 108 Å². The van der Waals surface area contributed by atoms with Crippen LogP contribution in [0, 0.1) is 5.92 Å². The van der Waals surface area contributed by atoms with Gasteiger partial charge in [0.2, 0.25) is 0 Å². The van der Waals surface area contributed by atoms with Crippen molar-refractivity contribution in [2.24, 2.45) is 5.92 Å². The van der Waals surface area contributed by atoms with E-state index >= 15 is 0 Å². The highest BCUT2D eigenvalue weighted by Gasteiger charge is 2.36. The molecule has 0 aromatic heterocycles. The number of benzene rings is 2. The highest BCUT2D eigenvalue weighted by Crippen LogP contribution is 2.39. The maximum Gasteiger partial charge on any atom is 0.119 e. The molecule has 2 aromatic carbocycles. The van der Waals surface area contributed by atoms with Crippen LogP contribution >= 0.6 is 0 Å². The zero-order chi connectivity index (χ0) is 13.2. The summed E-state index contributed by atoms with van der Waals surface area (Å²) in [4.78, 5) is 0. The molecule has 0 heterocycles. The Bertz CT molecular complexity index is 522. The summed E-state index contributed by atoms with van der Waals surface area (Å²) < 4.78 is 0. The van der Waals surface area contributed by atoms with Gasteiger partial charge in [-0.2, -0.15) is 0 Å². The van der Waals surface area contributed by atoms with Crippen molar-refractivity contribution in [1.29, 1.82) is 0 Å². The SMILES string of the molecule is CC(C)C(O)(c1ccccc1)c1ccccc1N. The fourth-order valence-electron chi connectivity index (χ4n) is 2.34. The lowest BCUT2D eigenvalue weighted by molar-refractivity contribution is 0.0325. The van der Waals surface area contributed by atoms with Gasteiger partial charge in [0.15, 0.2) is 0 Å². The van der Waals surface area contributed by atoms with Gasteiger partial charge in [-0.15, -0.1) is 0 Å². The minimum Gasteiger partial charge on any atom is -0.398 e. The monoisotopic (exact) mass is 241 g/mol. The van der Waals surface area contributed by atoms with Crippen molar-refractivity contribution in [1.82, 2.24) is 0 Å². The third kappa shape index (κ3) is 2.00. The predicted molar refractivity (Wildman–Crippen MR) is 75.1 cm³/mol. The number of nitrogen functional groups attached to an aromatic ring is 1. The standard InChI is InChI=1S/C16H19NO/c1-12(2)16(18,13-8-4-3-5-9-13)14-10-6-7-11-15(14)17/h3-12,18H,17H2,1-2H3. The van der Waals surface area contributed by atoms with Gasteiger partial charge in [-0.05, 0) is 17.5 Å². The van der Waals surface area contributed by atoms with Gasteiger partial charge in [-0.3, -0.25) is 0 Å². The number of para-hydroxylation sites is 1. The zero-order valence-corrected chi connectivity index (χ0v) is 10.8. The molecular weight excluding hydrogens is 222 g/mol. The Morgan fingerprint density at radius 2 is 1.50 bits per heavy atom. The normalized spacial score (nSPS) is 14.4. The van der Waals surface area contributed by atoms with Crippen LogP contribution in [0.4, 0.5) is 5.69 Å². The van der Waals surface area contributed by atoms with Gasteiger partial charge in [0, 0.05) is 11.3 Å². The van der Waals surface area contributed by atoms with Gasteiger partial charge in [0.25, 0.3) is 0 Å². The van der Waals surface area contributed by atoms with Crippen molar-refractivity contribution in [3.63, 3.8) is 0 Å². The van der Waals surface area contributed by atoms with E-state index < -0.39 is 5.60 Å². The molecule has 0 saturated carbocycles. The van der Waals surface area contributed by atoms with E-state index in [4.69, 9.17) is 5.73 Å². The summed E-state index contributed by atoms with van der Waals surface area (Å²) in [5.74, 6) is 0.0320. The number of hydrogen-bond donors (Lipinski definition) is 2. The second kappa shape index (κ2) is 4.83. The summed E-state index contributed by atoms with van der Waals surface area (Å²) in [5.41, 5.74) is 7.24. The fourth-order valence-corrected chi connectivity index (χ4v) is 2.34. The largest absolute Gasteiger partial charge is 0.398 e. The lowest BCUT2D eigenvalue weighted by Crippen LogP contribution is -2.34. The molecule has 3 N–H and O–H groups in total. The van der Waals surface area contributed by atoms with E-state index in [0.717, 1.165) is 11.1 Å². The minimum atomic E-state index is -1.05. The molecular formula is C16H19NO. The highest BCUT2D eigenvalue weighted by molar-refractivity contribution is 5.53. The van der Waals surface area contributed by atoms with E-state index in [9.17, 15) is 5.11 Å². The van der Waals surface area contributed by atoms with Crippen LogP contribution in [0.3, 0.4) is 0 Å². The van der Waals surface area contributed by atoms with Gasteiger partial charge >= 0.3 is 0 Å². The first-order chi connectivity index (χ1) is 8.56. The van der Waals surface area contributed by atoms with Crippen LogP contribution in [0.15, 0.2) is 54.6 Å². The summed E-state index contributed by atoms with van der Waals surface area (Å²) in [6, 6.07) is 17.2. The number of aliphatic hydroxyl groups is 1. The first kappa shape index (κ1) is 12.7. The molecule has 0 aliphatic carbocycles. The van der Waals surface area contributed by atoms with E-state index in [1.165, 1.54) is 0 Å². The van der Waals surface area contributed by atoms with Crippen molar-refractivity contribution in [2.45, 2.75) is 19.4 Å². The van der Waals surface area contributed by atoms with Crippen LogP contribution in [0.25, 0.3) is 0 Å². The lowest BCUT2D eigenvalue weighted by atomic mass is 9.77. The topological polar surface area (TPSA) is 46.2 Å². The molecule has 18 heavy (non-hydrogen) atoms. The molecule has 0 saturated heterocycles. The maximum absolute atomic E-state index is 11.1. The molecule has 1 atom stereocenters. The Balaban J connectivity index is 2.63. The molecule has 2 aromatic rings. The second-order valence-corrected chi connectivity index (χ2v) is 4.87. The molecule has 0 aliphatic heterocycles. The van der Waals surface area contributed by atoms with E-state index in [1.807, 2.05) is 68.4 Å². The molecule has 0 amide bonds. The number of anilines is 1. The number of rotatable bonds is 3. The average Bonchev–Trinajstić information content (AvgIpc) is 2.39. The van der Waals surface area contributed by atoms with Crippen LogP contribution in [-0.2, 0) is 5.60 Å². The van der Waals surface area contributed by atoms with Crippen LogP contribution in [0.1, 0.15) is 25.0 Å². The Kier molecular flexibility index (Phi) is 3.39. The van der Waals surface area contributed by atoms with E-state index in [1.54, 1.807) is 0 Å². The van der Waals surface area contributed by atoms with Crippen molar-refractivity contribution < 1.29 is 5.11 Å². The van der Waals surface area contributed by atoms with Gasteiger partial charge < -0.3 is 10.8 Å². The summed E-state index contributed by atoms with van der Waals surface area (Å²) in [5, 5.41) is 11.1. The summed E-state index contributed by atoms with van der Waals surface area (Å²) >= 11 is 0. The summed E-state index contributed by atoms with van der Waals surface area (Å²) in [7, 11) is 0. The second-order valence-electron chi connectivity index (χ2n) is 4.87. The quantitative estimate of drug-likeness (QED) is 0.811. The van der Waals surface area contributed by atoms with E-state index in [0.29, 0.717) is 5.69 Å². The number of nitrogens with two attached hydrogens (primary N) is 1. The summed E-state index contributed by atoms with van der Waals surface area (Å²) in [6.07, 6.45) is 0. The average molecular weight is 241 g/mol. The van der Waals surface area contributed by atoms with Crippen LogP contribution in [0.5, 0.6) is 0 Å².